The quantitative estimate of drug-likeness (QED) is 0.430. The molecule has 1 aromatic heterocycles. The molecule has 7 heteroatoms. The van der Waals surface area contributed by atoms with Crippen molar-refractivity contribution < 1.29 is 8.81 Å². The molecule has 0 saturated heterocycles. The van der Waals surface area contributed by atoms with Crippen LogP contribution in [0.3, 0.4) is 0 Å². The Hall–Kier alpha value is -2.57. The van der Waals surface area contributed by atoms with Gasteiger partial charge in [0.25, 0.3) is 0 Å². The van der Waals surface area contributed by atoms with E-state index in [9.17, 15) is 4.39 Å². The average Bonchev–Trinajstić information content (AvgIpc) is 2.94. The van der Waals surface area contributed by atoms with Crippen LogP contribution in [0.4, 0.5) is 10.1 Å². The van der Waals surface area contributed by atoms with Crippen molar-refractivity contribution in [1.82, 2.24) is 15.6 Å². The van der Waals surface area contributed by atoms with Gasteiger partial charge in [-0.05, 0) is 39.3 Å². The molecule has 0 spiro atoms. The van der Waals surface area contributed by atoms with Crippen LogP contribution >= 0.6 is 0 Å². The molecule has 1 heterocycles. The molecule has 0 atom stereocenters. The van der Waals surface area contributed by atoms with Crippen LogP contribution in [0.5, 0.6) is 0 Å². The van der Waals surface area contributed by atoms with Crippen molar-refractivity contribution >= 4 is 11.6 Å². The number of rotatable bonds is 8. The summed E-state index contributed by atoms with van der Waals surface area (Å²) < 4.78 is 19.3. The molecule has 26 heavy (non-hydrogen) atoms. The monoisotopic (exact) mass is 361 g/mol. The predicted molar refractivity (Wildman–Crippen MR) is 103 cm³/mol. The number of oxazole rings is 1. The van der Waals surface area contributed by atoms with E-state index in [4.69, 9.17) is 4.42 Å². The van der Waals surface area contributed by atoms with Gasteiger partial charge in [0.15, 0.2) is 5.96 Å². The maximum Gasteiger partial charge on any atom is 0.216 e. The number of hydrogen-bond acceptors (Lipinski definition) is 4. The largest absolute Gasteiger partial charge is 0.444 e. The molecule has 142 valence electrons. The minimum atomic E-state index is -0.200. The summed E-state index contributed by atoms with van der Waals surface area (Å²) in [5, 5.41) is 6.48. The van der Waals surface area contributed by atoms with Gasteiger partial charge in [0.05, 0.1) is 11.4 Å². The van der Waals surface area contributed by atoms with Crippen molar-refractivity contribution in [3.8, 4) is 0 Å². The molecule has 0 aliphatic rings. The summed E-state index contributed by atoms with van der Waals surface area (Å²) in [7, 11) is 1.89. The maximum absolute atomic E-state index is 13.8. The molecule has 2 rings (SSSR count). The molecule has 0 radical (unpaired) electrons. The highest BCUT2D eigenvalue weighted by molar-refractivity contribution is 5.79. The molecule has 0 amide bonds. The highest BCUT2D eigenvalue weighted by atomic mass is 19.1. The third-order valence-corrected chi connectivity index (χ3v) is 4.02. The molecule has 0 fully saturated rings. The van der Waals surface area contributed by atoms with Gasteiger partial charge in [0, 0.05) is 26.7 Å². The fourth-order valence-electron chi connectivity index (χ4n) is 2.50. The summed E-state index contributed by atoms with van der Waals surface area (Å²) in [5.74, 6) is 1.95. The number of anilines is 1. The third-order valence-electron chi connectivity index (χ3n) is 4.02. The van der Waals surface area contributed by atoms with Gasteiger partial charge in [-0.2, -0.15) is 0 Å². The highest BCUT2D eigenvalue weighted by Crippen LogP contribution is 2.16. The predicted octanol–water partition coefficient (Wildman–Crippen LogP) is 3.01. The Labute approximate surface area is 154 Å². The molecule has 0 aliphatic carbocycles. The fourth-order valence-corrected chi connectivity index (χ4v) is 2.50. The fraction of sp³-hybridized carbons (Fsp3) is 0.474. The first-order chi connectivity index (χ1) is 12.5. The zero-order valence-corrected chi connectivity index (χ0v) is 16.0. The van der Waals surface area contributed by atoms with E-state index in [1.807, 2.05) is 38.8 Å². The molecule has 0 bridgehead atoms. The SMILES string of the molecule is CCNC(=NCc1nc(C)c(C)o1)NCCCN(C)c1ccccc1F. The number of nitrogens with one attached hydrogen (secondary N) is 2. The maximum atomic E-state index is 13.8. The minimum absolute atomic E-state index is 0.200. The van der Waals surface area contributed by atoms with Gasteiger partial charge in [0.2, 0.25) is 5.89 Å². The molecular formula is C19H28FN5O. The number of aromatic nitrogens is 1. The van der Waals surface area contributed by atoms with Crippen molar-refractivity contribution in [3.63, 3.8) is 0 Å². The van der Waals surface area contributed by atoms with Crippen molar-refractivity contribution in [2.45, 2.75) is 33.7 Å². The van der Waals surface area contributed by atoms with Crippen LogP contribution in [0.15, 0.2) is 33.7 Å². The molecular weight excluding hydrogens is 333 g/mol. The first kappa shape index (κ1) is 19.8. The van der Waals surface area contributed by atoms with Crippen LogP contribution in [0.2, 0.25) is 0 Å². The van der Waals surface area contributed by atoms with Crippen LogP contribution in [0.25, 0.3) is 0 Å². The third kappa shape index (κ3) is 5.75. The molecule has 1 aromatic carbocycles. The van der Waals surface area contributed by atoms with E-state index >= 15 is 0 Å². The lowest BCUT2D eigenvalue weighted by atomic mass is 10.2. The van der Waals surface area contributed by atoms with E-state index in [-0.39, 0.29) is 5.82 Å². The Balaban J connectivity index is 1.80. The normalized spacial score (nSPS) is 11.5. The van der Waals surface area contributed by atoms with E-state index < -0.39 is 0 Å². The van der Waals surface area contributed by atoms with Crippen LogP contribution in [0.1, 0.15) is 30.7 Å². The minimum Gasteiger partial charge on any atom is -0.444 e. The topological polar surface area (TPSA) is 65.7 Å². The van der Waals surface area contributed by atoms with Gasteiger partial charge in [-0.15, -0.1) is 0 Å². The molecule has 6 nitrogen and oxygen atoms in total. The number of benzene rings is 1. The Morgan fingerprint density at radius 3 is 2.69 bits per heavy atom. The van der Waals surface area contributed by atoms with Gasteiger partial charge in [0.1, 0.15) is 18.1 Å². The van der Waals surface area contributed by atoms with Crippen LogP contribution < -0.4 is 15.5 Å². The van der Waals surface area contributed by atoms with E-state index in [0.717, 1.165) is 43.5 Å². The van der Waals surface area contributed by atoms with E-state index in [1.54, 1.807) is 12.1 Å². The lowest BCUT2D eigenvalue weighted by molar-refractivity contribution is 0.473. The van der Waals surface area contributed by atoms with Crippen molar-refractivity contribution in [3.05, 3.63) is 47.4 Å². The molecule has 2 N–H and O–H groups in total. The first-order valence-electron chi connectivity index (χ1n) is 8.92. The van der Waals surface area contributed by atoms with Crippen LogP contribution in [-0.2, 0) is 6.54 Å². The summed E-state index contributed by atoms with van der Waals surface area (Å²) in [6, 6.07) is 6.81. The zero-order valence-electron chi connectivity index (χ0n) is 16.0. The second kappa shape index (κ2) is 9.79. The Morgan fingerprint density at radius 1 is 1.27 bits per heavy atom. The molecule has 0 unspecified atom stereocenters. The number of hydrogen-bond donors (Lipinski definition) is 2. The zero-order chi connectivity index (χ0) is 18.9. The number of aryl methyl sites for hydroxylation is 2. The van der Waals surface area contributed by atoms with Crippen molar-refractivity contribution in [2.24, 2.45) is 4.99 Å². The van der Waals surface area contributed by atoms with Crippen molar-refractivity contribution in [2.75, 3.05) is 31.6 Å². The molecule has 0 saturated carbocycles. The van der Waals surface area contributed by atoms with Gasteiger partial charge in [-0.1, -0.05) is 12.1 Å². The van der Waals surface area contributed by atoms with E-state index in [1.165, 1.54) is 6.07 Å². The Kier molecular flexibility index (Phi) is 7.44. The van der Waals surface area contributed by atoms with Gasteiger partial charge in [-0.25, -0.2) is 14.4 Å². The average molecular weight is 361 g/mol. The molecule has 0 aliphatic heterocycles. The smallest absolute Gasteiger partial charge is 0.216 e. The van der Waals surface area contributed by atoms with Crippen LogP contribution in [0, 0.1) is 19.7 Å². The van der Waals surface area contributed by atoms with Crippen molar-refractivity contribution in [1.29, 1.82) is 0 Å². The number of guanidine groups is 1. The number of nitrogens with zero attached hydrogens (tertiary/aromatic N) is 3. The number of para-hydroxylation sites is 1. The van der Waals surface area contributed by atoms with Gasteiger partial charge in [-0.3, -0.25) is 0 Å². The number of aliphatic imine (C=N–C) groups is 1. The summed E-state index contributed by atoms with van der Waals surface area (Å²) in [6.07, 6.45) is 0.854. The summed E-state index contributed by atoms with van der Waals surface area (Å²) in [5.41, 5.74) is 1.51. The highest BCUT2D eigenvalue weighted by Gasteiger charge is 2.07. The van der Waals surface area contributed by atoms with E-state index in [2.05, 4.69) is 20.6 Å². The summed E-state index contributed by atoms with van der Waals surface area (Å²) in [4.78, 5) is 10.7. The standard InChI is InChI=1S/C19H28FN5O/c1-5-21-19(23-13-18-24-14(2)15(3)26-18)22-11-8-12-25(4)17-10-7-6-9-16(17)20/h6-7,9-10H,5,8,11-13H2,1-4H3,(H2,21,22,23). The Morgan fingerprint density at radius 2 is 2.04 bits per heavy atom. The Bertz CT molecular complexity index is 709. The first-order valence-corrected chi connectivity index (χ1v) is 8.92. The lowest BCUT2D eigenvalue weighted by Gasteiger charge is -2.20. The van der Waals surface area contributed by atoms with Gasteiger partial charge >= 0.3 is 0 Å². The number of halogens is 1. The second-order valence-corrected chi connectivity index (χ2v) is 6.10. The summed E-state index contributed by atoms with van der Waals surface area (Å²) in [6.45, 7) is 8.46. The second-order valence-electron chi connectivity index (χ2n) is 6.10. The lowest BCUT2D eigenvalue weighted by Crippen LogP contribution is -2.38. The van der Waals surface area contributed by atoms with E-state index in [0.29, 0.717) is 18.1 Å². The summed E-state index contributed by atoms with van der Waals surface area (Å²) >= 11 is 0. The molecule has 2 aromatic rings. The van der Waals surface area contributed by atoms with Crippen LogP contribution in [-0.4, -0.2) is 37.6 Å². The van der Waals surface area contributed by atoms with Gasteiger partial charge < -0.3 is 20.0 Å².